The molecule has 0 aliphatic heterocycles. The van der Waals surface area contributed by atoms with Crippen LogP contribution >= 0.6 is 0 Å². The summed E-state index contributed by atoms with van der Waals surface area (Å²) in [5.41, 5.74) is -1.24. The van der Waals surface area contributed by atoms with Gasteiger partial charge >= 0.3 is 70.0 Å². The van der Waals surface area contributed by atoms with Gasteiger partial charge in [-0.2, -0.15) is 0 Å². The molecule has 0 aromatic carbocycles. The van der Waals surface area contributed by atoms with Crippen LogP contribution in [0.25, 0.3) is 0 Å². The van der Waals surface area contributed by atoms with Crippen LogP contribution in [0.4, 0.5) is 0 Å². The molecular weight excluding hydrogens is 255 g/mol. The molecule has 0 aliphatic carbocycles. The Kier molecular flexibility index (Phi) is 3.44. The minimum atomic E-state index is -0.621. The third-order valence-electron chi connectivity index (χ3n) is 0.567. The maximum atomic E-state index is 2.51. The molecule has 0 bridgehead atoms. The molecule has 0 heterocycles. The molecule has 0 amide bonds. The van der Waals surface area contributed by atoms with Crippen LogP contribution in [-0.4, -0.2) is 11.1 Å². The van der Waals surface area contributed by atoms with Crippen LogP contribution in [0.2, 0.25) is 39.3 Å². The molecule has 58 valence electrons. The molecule has 0 N–H and O–H groups in total. The predicted octanol–water partition coefficient (Wildman–Crippen LogP) is -0.255. The van der Waals surface area contributed by atoms with E-state index < -0.39 is 11.1 Å². The fourth-order valence-electron chi connectivity index (χ4n) is 0.850. The normalized spacial score (nSPS) is 14.4. The molecule has 0 atom stereocenters. The molecule has 3 heteroatoms. The predicted molar refractivity (Wildman–Crippen MR) is 46.7 cm³/mol. The summed E-state index contributed by atoms with van der Waals surface area (Å²) < 4.78 is 0. The van der Waals surface area contributed by atoms with E-state index in [4.69, 9.17) is 0 Å². The SMILES string of the molecule is C[Si](C)(C)[I-][Si](C)(C)C. The zero-order valence-corrected chi connectivity index (χ0v) is 11.5. The van der Waals surface area contributed by atoms with Gasteiger partial charge in [0.1, 0.15) is 0 Å². The molecule has 0 nitrogen and oxygen atoms in total. The van der Waals surface area contributed by atoms with E-state index in [1.807, 2.05) is 0 Å². The Balaban J connectivity index is 3.75. The van der Waals surface area contributed by atoms with E-state index in [-0.39, 0.29) is 0 Å². The van der Waals surface area contributed by atoms with E-state index in [9.17, 15) is 0 Å². The van der Waals surface area contributed by atoms with Gasteiger partial charge in [-0.3, -0.25) is 0 Å². The molecule has 0 saturated carbocycles. The van der Waals surface area contributed by atoms with Crippen LogP contribution in [0.15, 0.2) is 0 Å². The van der Waals surface area contributed by atoms with Crippen molar-refractivity contribution in [2.75, 3.05) is 0 Å². The Bertz CT molecular complexity index is 76.2. The Labute approximate surface area is 69.9 Å². The summed E-state index contributed by atoms with van der Waals surface area (Å²) in [4.78, 5) is 0. The molecule has 0 unspecified atom stereocenters. The minimum absolute atomic E-state index is 0.616. The molecule has 0 fully saturated rings. The van der Waals surface area contributed by atoms with Crippen molar-refractivity contribution in [2.24, 2.45) is 0 Å². The molecule has 0 aromatic heterocycles. The molecule has 0 rings (SSSR count). The number of rotatable bonds is 2. The summed E-state index contributed by atoms with van der Waals surface area (Å²) in [6.45, 7) is 15.1. The van der Waals surface area contributed by atoms with Gasteiger partial charge in [-0.25, -0.2) is 0 Å². The zero-order chi connectivity index (χ0) is 7.71. The third kappa shape index (κ3) is 9.16. The van der Waals surface area contributed by atoms with Crippen molar-refractivity contribution >= 4 is 11.1 Å². The van der Waals surface area contributed by atoms with Crippen LogP contribution in [0, 0.1) is 0 Å². The van der Waals surface area contributed by atoms with E-state index >= 15 is 0 Å². The van der Waals surface area contributed by atoms with Gasteiger partial charge in [0, 0.05) is 0 Å². The van der Waals surface area contributed by atoms with Crippen LogP contribution in [0.5, 0.6) is 0 Å². The number of hydrogen-bond acceptors (Lipinski definition) is 0. The Morgan fingerprint density at radius 1 is 0.667 bits per heavy atom. The van der Waals surface area contributed by atoms with Gasteiger partial charge in [-0.05, 0) is 0 Å². The molecule has 0 aromatic rings. The van der Waals surface area contributed by atoms with Gasteiger partial charge in [0.15, 0.2) is 0 Å². The first-order chi connectivity index (χ1) is 3.71. The number of halogens is 1. The topological polar surface area (TPSA) is 0 Å². The molecule has 0 saturated heterocycles. The average molecular weight is 273 g/mol. The quantitative estimate of drug-likeness (QED) is 0.370. The van der Waals surface area contributed by atoms with E-state index in [2.05, 4.69) is 39.3 Å². The maximum absolute atomic E-state index is 2.51. The van der Waals surface area contributed by atoms with E-state index in [0.29, 0.717) is 19.6 Å². The molecule has 9 heavy (non-hydrogen) atoms. The van der Waals surface area contributed by atoms with Gasteiger partial charge in [-0.15, -0.1) is 0 Å². The van der Waals surface area contributed by atoms with E-state index in [0.717, 1.165) is 0 Å². The average Bonchev–Trinajstić information content (AvgIpc) is 1.14. The van der Waals surface area contributed by atoms with Gasteiger partial charge in [0.05, 0.1) is 0 Å². The second-order valence-corrected chi connectivity index (χ2v) is 37.5. The summed E-state index contributed by atoms with van der Waals surface area (Å²) in [6, 6.07) is 0. The van der Waals surface area contributed by atoms with Crippen molar-refractivity contribution in [2.45, 2.75) is 39.3 Å². The Morgan fingerprint density at radius 3 is 0.889 bits per heavy atom. The standard InChI is InChI=1S/C6H18ISi2/c1-8(2,3)7-9(4,5)6/h1-6H3/q-1. The first-order valence-electron chi connectivity index (χ1n) is 3.38. The monoisotopic (exact) mass is 273 g/mol. The van der Waals surface area contributed by atoms with Crippen molar-refractivity contribution in [3.05, 3.63) is 0 Å². The number of hydrogen-bond donors (Lipinski definition) is 0. The van der Waals surface area contributed by atoms with Gasteiger partial charge in [0.2, 0.25) is 0 Å². The van der Waals surface area contributed by atoms with E-state index in [1.165, 1.54) is 0 Å². The van der Waals surface area contributed by atoms with Crippen molar-refractivity contribution in [3.63, 3.8) is 0 Å². The Morgan fingerprint density at radius 2 is 0.889 bits per heavy atom. The molecular formula is C6H18ISi2-. The first kappa shape index (κ1) is 10.2. The van der Waals surface area contributed by atoms with Crippen LogP contribution in [-0.2, 0) is 0 Å². The van der Waals surface area contributed by atoms with Crippen LogP contribution in [0.3, 0.4) is 0 Å². The second kappa shape index (κ2) is 3.04. The van der Waals surface area contributed by atoms with E-state index in [1.54, 1.807) is 0 Å². The van der Waals surface area contributed by atoms with Crippen molar-refractivity contribution < 1.29 is 19.6 Å². The molecule has 0 aliphatic rings. The summed E-state index contributed by atoms with van der Waals surface area (Å²) in [5, 5.41) is 0. The van der Waals surface area contributed by atoms with Crippen molar-refractivity contribution in [3.8, 4) is 0 Å². The van der Waals surface area contributed by atoms with Crippen LogP contribution < -0.4 is 19.6 Å². The fraction of sp³-hybridized carbons (Fsp3) is 1.00. The first-order valence-corrected chi connectivity index (χ1v) is 16.6. The van der Waals surface area contributed by atoms with Crippen LogP contribution in [0.1, 0.15) is 0 Å². The van der Waals surface area contributed by atoms with Gasteiger partial charge in [0.25, 0.3) is 0 Å². The summed E-state index contributed by atoms with van der Waals surface area (Å²) in [7, 11) is 0. The van der Waals surface area contributed by atoms with Crippen molar-refractivity contribution in [1.29, 1.82) is 0 Å². The van der Waals surface area contributed by atoms with Gasteiger partial charge in [-0.1, -0.05) is 0 Å². The summed E-state index contributed by atoms with van der Waals surface area (Å²) in [5.74, 6) is 0. The Hall–Kier alpha value is 1.16. The van der Waals surface area contributed by atoms with Gasteiger partial charge < -0.3 is 0 Å². The van der Waals surface area contributed by atoms with Crippen molar-refractivity contribution in [1.82, 2.24) is 0 Å². The third-order valence-corrected chi connectivity index (χ3v) is 34.2. The summed E-state index contributed by atoms with van der Waals surface area (Å²) >= 11 is 0.616. The molecule has 0 radical (unpaired) electrons. The fourth-order valence-corrected chi connectivity index (χ4v) is 51.3. The second-order valence-electron chi connectivity index (χ2n) is 4.23. The zero-order valence-electron chi connectivity index (χ0n) is 7.38. The summed E-state index contributed by atoms with van der Waals surface area (Å²) in [6.07, 6.45) is 0. The molecule has 0 spiro atoms.